The number of aliphatic hydroxyl groups is 2. The van der Waals surface area contributed by atoms with E-state index in [1.807, 2.05) is 0 Å². The van der Waals surface area contributed by atoms with E-state index in [4.69, 9.17) is 4.74 Å². The number of rotatable bonds is 41. The molecule has 6 heteroatoms. The number of amides is 1. The second-order valence-electron chi connectivity index (χ2n) is 15.8. The molecule has 3 atom stereocenters. The molecule has 0 aromatic heterocycles. The van der Waals surface area contributed by atoms with E-state index in [2.05, 4.69) is 86.8 Å². The maximum absolute atomic E-state index is 13.1. The summed E-state index contributed by atoms with van der Waals surface area (Å²) in [6.45, 7) is 6.31. The molecule has 1 amide bonds. The van der Waals surface area contributed by atoms with Crippen LogP contribution in [0.4, 0.5) is 0 Å². The topological polar surface area (TPSA) is 95.9 Å². The van der Waals surface area contributed by atoms with Crippen LogP contribution in [0.1, 0.15) is 220 Å². The standard InChI is InChI=1S/C50H89NO5/c1-4-7-10-13-16-19-21-23-24-25-26-28-31-34-37-40-43-50(55)56-46(41-38-35-32-30-27-22-20-17-14-11-8-5-2)44-49(54)51-47(45-52)48(53)42-39-36-33-29-18-15-12-9-6-3/h7,10,16,19,23-24,26,28,30,32,46-48,52-53H,4-6,8-9,11-15,17-18,20-22,25,27,29,31,33-45H2,1-3H3,(H,51,54)/b10-7+,19-16+,24-23+,28-26+,32-30-. The zero-order chi connectivity index (χ0) is 41.0. The number of aliphatic hydroxyl groups excluding tert-OH is 2. The van der Waals surface area contributed by atoms with Gasteiger partial charge in [-0.25, -0.2) is 0 Å². The molecule has 0 fully saturated rings. The van der Waals surface area contributed by atoms with Crippen LogP contribution in [0.25, 0.3) is 0 Å². The van der Waals surface area contributed by atoms with E-state index < -0.39 is 18.2 Å². The zero-order valence-corrected chi connectivity index (χ0v) is 36.8. The molecule has 3 unspecified atom stereocenters. The Morgan fingerprint density at radius 3 is 1.52 bits per heavy atom. The predicted molar refractivity (Wildman–Crippen MR) is 241 cm³/mol. The number of hydrogen-bond donors (Lipinski definition) is 3. The first kappa shape index (κ1) is 53.6. The van der Waals surface area contributed by atoms with Crippen molar-refractivity contribution in [1.29, 1.82) is 0 Å². The Hall–Kier alpha value is -2.44. The third-order valence-electron chi connectivity index (χ3n) is 10.3. The average Bonchev–Trinajstić information content (AvgIpc) is 3.19. The first-order valence-electron chi connectivity index (χ1n) is 23.5. The Labute approximate surface area is 346 Å². The summed E-state index contributed by atoms with van der Waals surface area (Å²) in [4.78, 5) is 26.0. The fraction of sp³-hybridized carbons (Fsp3) is 0.760. The fourth-order valence-corrected chi connectivity index (χ4v) is 6.77. The summed E-state index contributed by atoms with van der Waals surface area (Å²) in [6.07, 6.45) is 52.8. The van der Waals surface area contributed by atoms with Crippen LogP contribution in [-0.4, -0.2) is 46.9 Å². The molecule has 0 aliphatic rings. The van der Waals surface area contributed by atoms with E-state index in [9.17, 15) is 19.8 Å². The maximum Gasteiger partial charge on any atom is 0.306 e. The summed E-state index contributed by atoms with van der Waals surface area (Å²) >= 11 is 0. The van der Waals surface area contributed by atoms with Crippen LogP contribution in [0.5, 0.6) is 0 Å². The number of nitrogens with one attached hydrogen (secondary N) is 1. The maximum atomic E-state index is 13.1. The number of carbonyl (C=O) groups excluding carboxylic acids is 2. The summed E-state index contributed by atoms with van der Waals surface area (Å²) in [5.74, 6) is -0.544. The molecule has 0 aliphatic heterocycles. The van der Waals surface area contributed by atoms with E-state index in [0.29, 0.717) is 19.3 Å². The summed E-state index contributed by atoms with van der Waals surface area (Å²) in [6, 6.07) is -0.715. The van der Waals surface area contributed by atoms with Crippen LogP contribution < -0.4 is 5.32 Å². The van der Waals surface area contributed by atoms with Gasteiger partial charge >= 0.3 is 5.97 Å². The van der Waals surface area contributed by atoms with Crippen molar-refractivity contribution in [2.75, 3.05) is 6.61 Å². The van der Waals surface area contributed by atoms with E-state index in [0.717, 1.165) is 89.9 Å². The number of esters is 1. The van der Waals surface area contributed by atoms with Crippen molar-refractivity contribution in [3.63, 3.8) is 0 Å². The Morgan fingerprint density at radius 1 is 0.536 bits per heavy atom. The predicted octanol–water partition coefficient (Wildman–Crippen LogP) is 13.7. The molecule has 0 radical (unpaired) electrons. The van der Waals surface area contributed by atoms with Crippen LogP contribution in [-0.2, 0) is 14.3 Å². The van der Waals surface area contributed by atoms with Gasteiger partial charge in [-0.2, -0.15) is 0 Å². The van der Waals surface area contributed by atoms with Gasteiger partial charge in [-0.3, -0.25) is 9.59 Å². The molecular formula is C50H89NO5. The number of unbranched alkanes of at least 4 members (excludes halogenated alkanes) is 19. The highest BCUT2D eigenvalue weighted by Gasteiger charge is 2.24. The first-order valence-corrected chi connectivity index (χ1v) is 23.5. The first-order chi connectivity index (χ1) is 27.5. The molecule has 6 nitrogen and oxygen atoms in total. The Balaban J connectivity index is 4.67. The van der Waals surface area contributed by atoms with Gasteiger partial charge in [0.15, 0.2) is 0 Å². The zero-order valence-electron chi connectivity index (χ0n) is 36.8. The van der Waals surface area contributed by atoms with Gasteiger partial charge in [0.25, 0.3) is 0 Å². The lowest BCUT2D eigenvalue weighted by atomic mass is 10.0. The van der Waals surface area contributed by atoms with E-state index >= 15 is 0 Å². The molecule has 324 valence electrons. The third-order valence-corrected chi connectivity index (χ3v) is 10.3. The summed E-state index contributed by atoms with van der Waals surface area (Å²) in [5, 5.41) is 23.6. The van der Waals surface area contributed by atoms with E-state index in [1.165, 1.54) is 83.5 Å². The molecule has 0 saturated heterocycles. The lowest BCUT2D eigenvalue weighted by molar-refractivity contribution is -0.151. The van der Waals surface area contributed by atoms with Crippen molar-refractivity contribution in [1.82, 2.24) is 5.32 Å². The van der Waals surface area contributed by atoms with Crippen molar-refractivity contribution in [2.45, 2.75) is 238 Å². The van der Waals surface area contributed by atoms with Gasteiger partial charge in [-0.1, -0.05) is 184 Å². The average molecular weight is 784 g/mol. The lowest BCUT2D eigenvalue weighted by Gasteiger charge is -2.24. The molecule has 0 saturated carbocycles. The van der Waals surface area contributed by atoms with Gasteiger partial charge in [-0.15, -0.1) is 0 Å². The Bertz CT molecular complexity index is 1010. The smallest absolute Gasteiger partial charge is 0.306 e. The largest absolute Gasteiger partial charge is 0.462 e. The van der Waals surface area contributed by atoms with Gasteiger partial charge in [0.05, 0.1) is 25.2 Å². The van der Waals surface area contributed by atoms with Gasteiger partial charge in [0, 0.05) is 6.42 Å². The van der Waals surface area contributed by atoms with Crippen LogP contribution in [0, 0.1) is 0 Å². The number of hydrogen-bond acceptors (Lipinski definition) is 5. The molecule has 0 aromatic carbocycles. The summed E-state index contributed by atoms with van der Waals surface area (Å²) in [5.41, 5.74) is 0. The van der Waals surface area contributed by atoms with Crippen molar-refractivity contribution >= 4 is 11.9 Å². The highest BCUT2D eigenvalue weighted by molar-refractivity contribution is 5.77. The SMILES string of the molecule is CC/C=C/C/C=C/C/C=C/C/C=C/CCCCCC(=O)OC(CCC/C=C\CCCCCCCCC)CC(=O)NC(CO)C(O)CCCCCCCCCCC. The second-order valence-corrected chi connectivity index (χ2v) is 15.8. The number of allylic oxidation sites excluding steroid dienone is 10. The second kappa shape index (κ2) is 43.7. The highest BCUT2D eigenvalue weighted by Crippen LogP contribution is 2.16. The monoisotopic (exact) mass is 784 g/mol. The van der Waals surface area contributed by atoms with Gasteiger partial charge < -0.3 is 20.3 Å². The molecule has 0 spiro atoms. The van der Waals surface area contributed by atoms with Crippen molar-refractivity contribution in [3.05, 3.63) is 60.8 Å². The van der Waals surface area contributed by atoms with Gasteiger partial charge in [0.2, 0.25) is 5.91 Å². The molecule has 56 heavy (non-hydrogen) atoms. The van der Waals surface area contributed by atoms with Crippen molar-refractivity contribution in [3.8, 4) is 0 Å². The van der Waals surface area contributed by atoms with Crippen LogP contribution in [0.3, 0.4) is 0 Å². The molecule has 0 bridgehead atoms. The summed E-state index contributed by atoms with van der Waals surface area (Å²) in [7, 11) is 0. The normalized spacial score (nSPS) is 13.9. The van der Waals surface area contributed by atoms with Crippen molar-refractivity contribution < 1.29 is 24.5 Å². The minimum absolute atomic E-state index is 0.0422. The molecule has 0 aliphatic carbocycles. The van der Waals surface area contributed by atoms with Crippen molar-refractivity contribution in [2.24, 2.45) is 0 Å². The molecule has 0 rings (SSSR count). The Morgan fingerprint density at radius 2 is 0.982 bits per heavy atom. The van der Waals surface area contributed by atoms with Gasteiger partial charge in [0.1, 0.15) is 6.10 Å². The number of ether oxygens (including phenoxy) is 1. The van der Waals surface area contributed by atoms with Crippen LogP contribution in [0.15, 0.2) is 60.8 Å². The lowest BCUT2D eigenvalue weighted by Crippen LogP contribution is -2.46. The fourth-order valence-electron chi connectivity index (χ4n) is 6.77. The molecule has 0 aromatic rings. The quantitative estimate of drug-likeness (QED) is 0.0326. The van der Waals surface area contributed by atoms with E-state index in [1.54, 1.807) is 0 Å². The van der Waals surface area contributed by atoms with Crippen LogP contribution >= 0.6 is 0 Å². The van der Waals surface area contributed by atoms with E-state index in [-0.39, 0.29) is 24.9 Å². The number of carbonyl (C=O) groups is 2. The summed E-state index contributed by atoms with van der Waals surface area (Å²) < 4.78 is 5.88. The molecular weight excluding hydrogens is 695 g/mol. The van der Waals surface area contributed by atoms with Gasteiger partial charge in [-0.05, 0) is 83.5 Å². The molecule has 3 N–H and O–H groups in total. The highest BCUT2D eigenvalue weighted by atomic mass is 16.5. The van der Waals surface area contributed by atoms with Crippen LogP contribution in [0.2, 0.25) is 0 Å². The third kappa shape index (κ3) is 38.4. The minimum Gasteiger partial charge on any atom is -0.462 e. The Kier molecular flexibility index (Phi) is 41.8. The minimum atomic E-state index is -0.798. The molecule has 0 heterocycles.